The minimum atomic E-state index is 0.642. The fraction of sp³-hybridized carbons (Fsp3) is 0.500. The molecule has 1 aliphatic rings. The monoisotopic (exact) mass is 414 g/mol. The second-order valence-electron chi connectivity index (χ2n) is 7.46. The smallest absolute Gasteiger partial charge is 0.213 e. The fourth-order valence-corrected chi connectivity index (χ4v) is 4.01. The molecule has 0 saturated carbocycles. The molecule has 0 spiro atoms. The lowest BCUT2D eigenvalue weighted by atomic mass is 9.91. The maximum Gasteiger partial charge on any atom is 0.213 e. The van der Waals surface area contributed by atoms with Gasteiger partial charge in [0.25, 0.3) is 0 Å². The van der Waals surface area contributed by atoms with Crippen molar-refractivity contribution >= 4 is 23.9 Å². The number of likely N-dealkylation sites (tertiary alicyclic amines) is 1. The van der Waals surface area contributed by atoms with Crippen molar-refractivity contribution in [3.8, 4) is 5.88 Å². The summed E-state index contributed by atoms with van der Waals surface area (Å²) in [5, 5.41) is 0. The number of rotatable bonds is 5. The Kier molecular flexibility index (Phi) is 7.50. The normalized spacial score (nSPS) is 17.1. The van der Waals surface area contributed by atoms with Gasteiger partial charge in [-0.15, -0.1) is 0 Å². The molecule has 0 amide bonds. The molecule has 0 N–H and O–H groups in total. The van der Waals surface area contributed by atoms with E-state index in [0.29, 0.717) is 23.3 Å². The Bertz CT molecular complexity index is 944. The van der Waals surface area contributed by atoms with Crippen LogP contribution in [0.15, 0.2) is 28.7 Å². The lowest BCUT2D eigenvalue weighted by molar-refractivity contribution is 0.165. The van der Waals surface area contributed by atoms with Crippen LogP contribution in [0.1, 0.15) is 35.7 Å². The van der Waals surface area contributed by atoms with Gasteiger partial charge < -0.3 is 9.15 Å². The minimum absolute atomic E-state index is 0.642. The summed E-state index contributed by atoms with van der Waals surface area (Å²) >= 11 is 3.53. The summed E-state index contributed by atoms with van der Waals surface area (Å²) in [6.07, 6.45) is 5.23. The summed E-state index contributed by atoms with van der Waals surface area (Å²) in [6, 6.07) is 8.26. The van der Waals surface area contributed by atoms with E-state index in [1.807, 2.05) is 26.0 Å². The number of aryl methyl sites for hydroxylation is 2. The van der Waals surface area contributed by atoms with Crippen molar-refractivity contribution in [2.75, 3.05) is 26.5 Å². The van der Waals surface area contributed by atoms with Gasteiger partial charge in [0, 0.05) is 31.8 Å². The van der Waals surface area contributed by atoms with E-state index in [-0.39, 0.29) is 0 Å². The van der Waals surface area contributed by atoms with Gasteiger partial charge in [0.15, 0.2) is 17.1 Å². The predicted molar refractivity (Wildman–Crippen MR) is 119 cm³/mol. The molecule has 29 heavy (non-hydrogen) atoms. The third kappa shape index (κ3) is 5.70. The van der Waals surface area contributed by atoms with E-state index in [9.17, 15) is 0 Å². The first-order chi connectivity index (χ1) is 14.1. The van der Waals surface area contributed by atoms with Crippen molar-refractivity contribution in [3.05, 3.63) is 47.1 Å². The summed E-state index contributed by atoms with van der Waals surface area (Å²) in [7, 11) is 1.67. The number of nitrogens with zero attached hydrogens (tertiary/aromatic N) is 4. The Labute approximate surface area is 178 Å². The number of hydrogen-bond acceptors (Lipinski definition) is 7. The van der Waals surface area contributed by atoms with Crippen LogP contribution < -0.4 is 4.74 Å². The maximum atomic E-state index is 5.52. The predicted octanol–water partition coefficient (Wildman–Crippen LogP) is 4.24. The molecular weight excluding hydrogens is 384 g/mol. The van der Waals surface area contributed by atoms with E-state index >= 15 is 0 Å². The summed E-state index contributed by atoms with van der Waals surface area (Å²) in [4.78, 5) is 15.9. The molecule has 0 radical (unpaired) electrons. The Morgan fingerprint density at radius 3 is 2.79 bits per heavy atom. The summed E-state index contributed by atoms with van der Waals surface area (Å²) in [5.41, 5.74) is 4.84. The summed E-state index contributed by atoms with van der Waals surface area (Å²) in [5.74, 6) is 2.01. The molecule has 1 atom stereocenters. The van der Waals surface area contributed by atoms with E-state index in [1.165, 1.54) is 18.4 Å². The quantitative estimate of drug-likeness (QED) is 0.630. The van der Waals surface area contributed by atoms with Crippen LogP contribution in [0.5, 0.6) is 5.88 Å². The number of aromatic nitrogens is 3. The molecule has 0 bridgehead atoms. The molecular formula is C22H30N4O2S. The first kappa shape index (κ1) is 21.6. The van der Waals surface area contributed by atoms with Gasteiger partial charge in [0.1, 0.15) is 0 Å². The average molecular weight is 415 g/mol. The Morgan fingerprint density at radius 1 is 1.17 bits per heavy atom. The Balaban J connectivity index is 0.00000117. The van der Waals surface area contributed by atoms with E-state index in [0.717, 1.165) is 43.0 Å². The van der Waals surface area contributed by atoms with Gasteiger partial charge in [-0.2, -0.15) is 17.6 Å². The van der Waals surface area contributed by atoms with E-state index in [4.69, 9.17) is 9.15 Å². The fourth-order valence-electron chi connectivity index (χ4n) is 4.01. The third-order valence-electron chi connectivity index (χ3n) is 5.13. The van der Waals surface area contributed by atoms with E-state index in [1.54, 1.807) is 13.4 Å². The highest BCUT2D eigenvalue weighted by atomic mass is 32.1. The van der Waals surface area contributed by atoms with Crippen LogP contribution in [0.2, 0.25) is 0 Å². The van der Waals surface area contributed by atoms with Gasteiger partial charge in [-0.1, -0.05) is 0 Å². The van der Waals surface area contributed by atoms with Crippen LogP contribution in [-0.4, -0.2) is 46.3 Å². The van der Waals surface area contributed by atoms with Gasteiger partial charge in [0.2, 0.25) is 5.88 Å². The molecule has 4 rings (SSSR count). The largest absolute Gasteiger partial charge is 0.481 e. The van der Waals surface area contributed by atoms with Crippen molar-refractivity contribution in [1.82, 2.24) is 19.9 Å². The number of oxazole rings is 1. The molecule has 156 valence electrons. The van der Waals surface area contributed by atoms with Crippen LogP contribution in [0.3, 0.4) is 0 Å². The number of piperidine rings is 1. The molecule has 1 unspecified atom stereocenters. The standard InChI is InChI=1S/C21H26N4O2.CH4S/c1-14-9-17(11-20(22-14)26-3)10-16-5-4-8-25(12-16)13-18-6-7-19-21(24-18)23-15(2)27-19;1-2/h6-7,9,11,16H,4-5,8,10,12-13H2,1-3H3;2H,1H3. The van der Waals surface area contributed by atoms with Crippen molar-refractivity contribution in [2.45, 2.75) is 39.7 Å². The molecule has 1 aliphatic heterocycles. The van der Waals surface area contributed by atoms with Gasteiger partial charge >= 0.3 is 0 Å². The number of methoxy groups -OCH3 is 1. The molecule has 3 aromatic heterocycles. The van der Waals surface area contributed by atoms with Crippen LogP contribution in [0, 0.1) is 19.8 Å². The minimum Gasteiger partial charge on any atom is -0.481 e. The third-order valence-corrected chi connectivity index (χ3v) is 5.13. The lowest BCUT2D eigenvalue weighted by Crippen LogP contribution is -2.36. The topological polar surface area (TPSA) is 64.3 Å². The lowest BCUT2D eigenvalue weighted by Gasteiger charge is -2.32. The molecule has 1 fully saturated rings. The number of hydrogen-bond donors (Lipinski definition) is 1. The summed E-state index contributed by atoms with van der Waals surface area (Å²) < 4.78 is 10.8. The summed E-state index contributed by atoms with van der Waals surface area (Å²) in [6.45, 7) is 6.93. The number of fused-ring (bicyclic) bond motifs is 1. The number of thiol groups is 1. The molecule has 4 heterocycles. The zero-order chi connectivity index (χ0) is 20.8. The zero-order valence-corrected chi connectivity index (χ0v) is 18.6. The number of ether oxygens (including phenoxy) is 1. The molecule has 7 heteroatoms. The van der Waals surface area contributed by atoms with Crippen molar-refractivity contribution in [2.24, 2.45) is 5.92 Å². The maximum absolute atomic E-state index is 5.52. The van der Waals surface area contributed by atoms with Crippen molar-refractivity contribution in [1.29, 1.82) is 0 Å². The number of pyridine rings is 2. The molecule has 1 saturated heterocycles. The zero-order valence-electron chi connectivity index (χ0n) is 17.7. The van der Waals surface area contributed by atoms with Crippen LogP contribution in [0.25, 0.3) is 11.2 Å². The first-order valence-corrected chi connectivity index (χ1v) is 10.9. The highest BCUT2D eigenvalue weighted by molar-refractivity contribution is 7.79. The van der Waals surface area contributed by atoms with Gasteiger partial charge in [-0.25, -0.2) is 9.97 Å². The van der Waals surface area contributed by atoms with E-state index < -0.39 is 0 Å². The second kappa shape index (κ2) is 10.1. The van der Waals surface area contributed by atoms with E-state index in [2.05, 4.69) is 44.6 Å². The first-order valence-electron chi connectivity index (χ1n) is 10.0. The second-order valence-corrected chi connectivity index (χ2v) is 7.46. The Hall–Kier alpha value is -2.12. The SMILES string of the molecule is COc1cc(CC2CCCN(Cc3ccc4oc(C)nc4n3)C2)cc(C)n1.CS. The highest BCUT2D eigenvalue weighted by Gasteiger charge is 2.21. The molecule has 3 aromatic rings. The molecule has 6 nitrogen and oxygen atoms in total. The van der Waals surface area contributed by atoms with Gasteiger partial charge in [-0.3, -0.25) is 4.90 Å². The van der Waals surface area contributed by atoms with Gasteiger partial charge in [-0.05, 0) is 68.7 Å². The highest BCUT2D eigenvalue weighted by Crippen LogP contribution is 2.24. The van der Waals surface area contributed by atoms with Crippen LogP contribution >= 0.6 is 12.6 Å². The average Bonchev–Trinajstić information content (AvgIpc) is 3.08. The van der Waals surface area contributed by atoms with Crippen molar-refractivity contribution < 1.29 is 9.15 Å². The molecule has 0 aromatic carbocycles. The van der Waals surface area contributed by atoms with Crippen LogP contribution in [-0.2, 0) is 13.0 Å². The Morgan fingerprint density at radius 2 is 2.00 bits per heavy atom. The van der Waals surface area contributed by atoms with Crippen molar-refractivity contribution in [3.63, 3.8) is 0 Å². The van der Waals surface area contributed by atoms with Crippen LogP contribution in [0.4, 0.5) is 0 Å². The molecule has 0 aliphatic carbocycles. The van der Waals surface area contributed by atoms with Gasteiger partial charge in [0.05, 0.1) is 12.8 Å².